The van der Waals surface area contributed by atoms with E-state index in [9.17, 15) is 13.2 Å². The fourth-order valence-electron chi connectivity index (χ4n) is 0.738. The molecule has 0 saturated carbocycles. The Hall–Kier alpha value is -1.09. The summed E-state index contributed by atoms with van der Waals surface area (Å²) in [5.74, 6) is 4.75. The lowest BCUT2D eigenvalue weighted by Crippen LogP contribution is -2.31. The number of nitrogens with zero attached hydrogens (tertiary/aromatic N) is 2. The quantitative estimate of drug-likeness (QED) is 0.658. The number of halogens is 4. The summed E-state index contributed by atoms with van der Waals surface area (Å²) in [6.45, 7) is 0.879. The van der Waals surface area contributed by atoms with Gasteiger partial charge >= 0.3 is 6.18 Å². The van der Waals surface area contributed by atoms with Gasteiger partial charge in [0.2, 0.25) is 11.8 Å². The normalized spacial score (nSPS) is 13.4. The Bertz CT molecular complexity index is 373. The third-order valence-corrected chi connectivity index (χ3v) is 2.13. The van der Waals surface area contributed by atoms with Crippen molar-refractivity contribution in [3.63, 3.8) is 0 Å². The number of hydrogen-bond donors (Lipinski definition) is 2. The Balaban J connectivity index is 2.88. The van der Waals surface area contributed by atoms with Crippen molar-refractivity contribution in [2.45, 2.75) is 19.2 Å². The summed E-state index contributed by atoms with van der Waals surface area (Å²) in [5.41, 5.74) is 2.10. The highest BCUT2D eigenvalue weighted by molar-refractivity contribution is 9.10. The van der Waals surface area contributed by atoms with Gasteiger partial charge in [0, 0.05) is 0 Å². The standard InChI is InChI=1S/C7H8BrF3N4O/c1-3(7(9,10)11)16-5-4(8)2-13-6(14-5)15-12/h2-3H,12H2,1H3,(H,13,14,15). The molecule has 1 aromatic heterocycles. The predicted octanol–water partition coefficient (Wildman–Crippen LogP) is 1.85. The summed E-state index contributed by atoms with van der Waals surface area (Å²) >= 11 is 2.97. The lowest BCUT2D eigenvalue weighted by molar-refractivity contribution is -0.190. The second-order valence-electron chi connectivity index (χ2n) is 2.79. The highest BCUT2D eigenvalue weighted by Gasteiger charge is 2.38. The number of aromatic nitrogens is 2. The molecule has 0 aliphatic rings. The summed E-state index contributed by atoms with van der Waals surface area (Å²) in [6.07, 6.45) is -5.19. The summed E-state index contributed by atoms with van der Waals surface area (Å²) in [5, 5.41) is 0. The molecule has 0 fully saturated rings. The zero-order valence-electron chi connectivity index (χ0n) is 8.05. The summed E-state index contributed by atoms with van der Waals surface area (Å²) in [6, 6.07) is 0. The van der Waals surface area contributed by atoms with E-state index in [2.05, 4.69) is 36.1 Å². The zero-order chi connectivity index (χ0) is 12.3. The van der Waals surface area contributed by atoms with Crippen LogP contribution in [-0.2, 0) is 0 Å². The van der Waals surface area contributed by atoms with E-state index in [0.29, 0.717) is 0 Å². The predicted molar refractivity (Wildman–Crippen MR) is 53.7 cm³/mol. The number of anilines is 1. The van der Waals surface area contributed by atoms with E-state index >= 15 is 0 Å². The molecule has 0 spiro atoms. The number of rotatable bonds is 3. The van der Waals surface area contributed by atoms with Crippen LogP contribution in [0.5, 0.6) is 5.88 Å². The smallest absolute Gasteiger partial charge is 0.425 e. The molecule has 1 heterocycles. The average molecular weight is 301 g/mol. The molecule has 5 nitrogen and oxygen atoms in total. The molecule has 16 heavy (non-hydrogen) atoms. The lowest BCUT2D eigenvalue weighted by atomic mass is 10.4. The first kappa shape index (κ1) is 13.0. The summed E-state index contributed by atoms with van der Waals surface area (Å²) in [4.78, 5) is 7.30. The van der Waals surface area contributed by atoms with Gasteiger partial charge in [-0.2, -0.15) is 18.2 Å². The van der Waals surface area contributed by atoms with E-state index < -0.39 is 12.3 Å². The van der Waals surface area contributed by atoms with E-state index in [1.807, 2.05) is 0 Å². The van der Waals surface area contributed by atoms with Crippen molar-refractivity contribution in [3.05, 3.63) is 10.7 Å². The minimum absolute atomic E-state index is 0.0347. The van der Waals surface area contributed by atoms with E-state index in [0.717, 1.165) is 6.92 Å². The van der Waals surface area contributed by atoms with Gasteiger partial charge in [0.05, 0.1) is 10.7 Å². The van der Waals surface area contributed by atoms with Crippen LogP contribution in [0.4, 0.5) is 19.1 Å². The molecule has 3 N–H and O–H groups in total. The number of hydrazine groups is 1. The van der Waals surface area contributed by atoms with Crippen LogP contribution in [0.2, 0.25) is 0 Å². The van der Waals surface area contributed by atoms with Crippen molar-refractivity contribution < 1.29 is 17.9 Å². The van der Waals surface area contributed by atoms with Crippen molar-refractivity contribution in [3.8, 4) is 5.88 Å². The molecule has 0 aliphatic carbocycles. The van der Waals surface area contributed by atoms with Crippen LogP contribution in [0.25, 0.3) is 0 Å². The number of ether oxygens (including phenoxy) is 1. The second kappa shape index (κ2) is 4.83. The molecule has 9 heteroatoms. The molecule has 0 saturated heterocycles. The molecular weight excluding hydrogens is 293 g/mol. The van der Waals surface area contributed by atoms with Crippen LogP contribution in [-0.4, -0.2) is 22.2 Å². The van der Waals surface area contributed by atoms with Gasteiger partial charge in [0.1, 0.15) is 0 Å². The molecule has 0 aliphatic heterocycles. The SMILES string of the molecule is CC(Oc1nc(NN)ncc1Br)C(F)(F)F. The second-order valence-corrected chi connectivity index (χ2v) is 3.65. The van der Waals surface area contributed by atoms with Crippen LogP contribution in [0.15, 0.2) is 10.7 Å². The molecule has 0 radical (unpaired) electrons. The molecule has 0 amide bonds. The minimum Gasteiger partial charge on any atom is -0.464 e. The van der Waals surface area contributed by atoms with Gasteiger partial charge in [-0.15, -0.1) is 0 Å². The summed E-state index contributed by atoms with van der Waals surface area (Å²) < 4.78 is 41.5. The molecule has 0 aromatic carbocycles. The van der Waals surface area contributed by atoms with Gasteiger partial charge in [-0.3, -0.25) is 5.43 Å². The number of hydrogen-bond acceptors (Lipinski definition) is 5. The maximum atomic E-state index is 12.2. The Morgan fingerprint density at radius 1 is 1.56 bits per heavy atom. The summed E-state index contributed by atoms with van der Waals surface area (Å²) in [7, 11) is 0. The third kappa shape index (κ3) is 3.20. The van der Waals surface area contributed by atoms with Gasteiger partial charge in [-0.1, -0.05) is 0 Å². The van der Waals surface area contributed by atoms with Gasteiger partial charge in [-0.05, 0) is 22.9 Å². The van der Waals surface area contributed by atoms with Crippen molar-refractivity contribution in [2.75, 3.05) is 5.43 Å². The maximum Gasteiger partial charge on any atom is 0.425 e. The first-order valence-electron chi connectivity index (χ1n) is 4.07. The van der Waals surface area contributed by atoms with Gasteiger partial charge in [0.25, 0.3) is 0 Å². The van der Waals surface area contributed by atoms with Gasteiger partial charge < -0.3 is 4.74 Å². The van der Waals surface area contributed by atoms with Crippen molar-refractivity contribution >= 4 is 21.9 Å². The number of alkyl halides is 3. The fourth-order valence-corrected chi connectivity index (χ4v) is 1.02. The molecular formula is C7H8BrF3N4O. The third-order valence-electron chi connectivity index (χ3n) is 1.59. The van der Waals surface area contributed by atoms with E-state index in [4.69, 9.17) is 5.84 Å². The maximum absolute atomic E-state index is 12.2. The average Bonchev–Trinajstić information content (AvgIpc) is 2.19. The molecule has 1 unspecified atom stereocenters. The monoisotopic (exact) mass is 300 g/mol. The van der Waals surface area contributed by atoms with E-state index in [1.165, 1.54) is 6.20 Å². The van der Waals surface area contributed by atoms with Crippen LogP contribution in [0, 0.1) is 0 Å². The molecule has 90 valence electrons. The Kier molecular flexibility index (Phi) is 3.92. The molecule has 1 atom stereocenters. The topological polar surface area (TPSA) is 73.1 Å². The lowest BCUT2D eigenvalue weighted by Gasteiger charge is -2.17. The molecule has 0 bridgehead atoms. The highest BCUT2D eigenvalue weighted by atomic mass is 79.9. The first-order chi connectivity index (χ1) is 7.34. The Morgan fingerprint density at radius 2 is 2.19 bits per heavy atom. The number of nitrogens with two attached hydrogens (primary N) is 1. The highest BCUT2D eigenvalue weighted by Crippen LogP contribution is 2.28. The minimum atomic E-state index is -4.46. The number of nitrogen functional groups attached to an aromatic ring is 1. The van der Waals surface area contributed by atoms with Gasteiger partial charge in [-0.25, -0.2) is 10.8 Å². The number of nitrogens with one attached hydrogen (secondary N) is 1. The molecule has 1 aromatic rings. The zero-order valence-corrected chi connectivity index (χ0v) is 9.63. The fraction of sp³-hybridized carbons (Fsp3) is 0.429. The molecule has 1 rings (SSSR count). The van der Waals surface area contributed by atoms with Crippen LogP contribution in [0.1, 0.15) is 6.92 Å². The van der Waals surface area contributed by atoms with Crippen LogP contribution in [0.3, 0.4) is 0 Å². The van der Waals surface area contributed by atoms with E-state index in [-0.39, 0.29) is 16.3 Å². The van der Waals surface area contributed by atoms with E-state index in [1.54, 1.807) is 0 Å². The van der Waals surface area contributed by atoms with Gasteiger partial charge in [0.15, 0.2) is 6.10 Å². The van der Waals surface area contributed by atoms with Crippen LogP contribution >= 0.6 is 15.9 Å². The van der Waals surface area contributed by atoms with Crippen molar-refractivity contribution in [2.24, 2.45) is 5.84 Å². The Morgan fingerprint density at radius 3 is 2.69 bits per heavy atom. The van der Waals surface area contributed by atoms with Crippen LogP contribution < -0.4 is 16.0 Å². The largest absolute Gasteiger partial charge is 0.464 e. The Labute approximate surface area is 97.3 Å². The van der Waals surface area contributed by atoms with Crippen molar-refractivity contribution in [1.29, 1.82) is 0 Å². The first-order valence-corrected chi connectivity index (χ1v) is 4.86. The van der Waals surface area contributed by atoms with Crippen molar-refractivity contribution in [1.82, 2.24) is 9.97 Å².